The third kappa shape index (κ3) is 2.54. The summed E-state index contributed by atoms with van der Waals surface area (Å²) >= 11 is 1.68. The standard InChI is InChI=1S/C21H24N4OS/c1-2-25(19(26)17-12-15-6-3-4-7-16(15)24-17)21-9-5-8-20(21,14-21)23-13-18-22-10-11-27-18/h3-4,6-7,10-12,23-24H,2,5,8-9,13-14H2,1H3/t20-,21+/m0/s1. The van der Waals surface area contributed by atoms with Gasteiger partial charge in [-0.2, -0.15) is 0 Å². The van der Waals surface area contributed by atoms with Crippen LogP contribution in [0, 0.1) is 0 Å². The van der Waals surface area contributed by atoms with Crippen LogP contribution >= 0.6 is 11.3 Å². The van der Waals surface area contributed by atoms with Crippen molar-refractivity contribution >= 4 is 28.1 Å². The molecule has 5 rings (SSSR count). The topological polar surface area (TPSA) is 61.0 Å². The van der Waals surface area contributed by atoms with Gasteiger partial charge in [-0.1, -0.05) is 18.2 Å². The molecule has 2 aromatic heterocycles. The average molecular weight is 381 g/mol. The van der Waals surface area contributed by atoms with E-state index < -0.39 is 0 Å². The van der Waals surface area contributed by atoms with Crippen molar-refractivity contribution in [3.05, 3.63) is 52.6 Å². The molecule has 0 saturated heterocycles. The van der Waals surface area contributed by atoms with E-state index >= 15 is 0 Å². The lowest BCUT2D eigenvalue weighted by Crippen LogP contribution is -2.49. The first-order valence-electron chi connectivity index (χ1n) is 9.71. The van der Waals surface area contributed by atoms with Gasteiger partial charge in [-0.15, -0.1) is 11.3 Å². The number of aromatic amines is 1. The number of H-pyrrole nitrogens is 1. The SMILES string of the molecule is CCN(C(=O)c1cc2ccccc2[nH]1)[C@@]12CCC[C@]1(NCc1nccs1)C2. The zero-order chi connectivity index (χ0) is 18.5. The van der Waals surface area contributed by atoms with Crippen LogP contribution in [0.25, 0.3) is 10.9 Å². The minimum absolute atomic E-state index is 0.0482. The third-order valence-electron chi connectivity index (χ3n) is 6.45. The van der Waals surface area contributed by atoms with Gasteiger partial charge in [-0.3, -0.25) is 4.79 Å². The van der Waals surface area contributed by atoms with Crippen molar-refractivity contribution in [2.75, 3.05) is 6.54 Å². The van der Waals surface area contributed by atoms with E-state index in [1.807, 2.05) is 41.9 Å². The molecule has 5 nitrogen and oxygen atoms in total. The summed E-state index contributed by atoms with van der Waals surface area (Å²) in [5.74, 6) is 0.119. The van der Waals surface area contributed by atoms with Crippen LogP contribution in [0.5, 0.6) is 0 Å². The van der Waals surface area contributed by atoms with Crippen molar-refractivity contribution in [1.29, 1.82) is 0 Å². The number of thiazole rings is 1. The minimum atomic E-state index is -0.0482. The monoisotopic (exact) mass is 380 g/mol. The van der Waals surface area contributed by atoms with Crippen molar-refractivity contribution in [2.45, 2.75) is 50.2 Å². The summed E-state index contributed by atoms with van der Waals surface area (Å²) in [5, 5.41) is 7.98. The van der Waals surface area contributed by atoms with E-state index in [9.17, 15) is 4.79 Å². The number of carbonyl (C=O) groups excluding carboxylic acids is 1. The molecule has 0 unspecified atom stereocenters. The quantitative estimate of drug-likeness (QED) is 0.681. The third-order valence-corrected chi connectivity index (χ3v) is 7.23. The van der Waals surface area contributed by atoms with Gasteiger partial charge in [0.15, 0.2) is 0 Å². The van der Waals surface area contributed by atoms with E-state index in [-0.39, 0.29) is 17.0 Å². The van der Waals surface area contributed by atoms with Gasteiger partial charge in [-0.05, 0) is 44.7 Å². The van der Waals surface area contributed by atoms with Crippen molar-refractivity contribution in [2.24, 2.45) is 0 Å². The van der Waals surface area contributed by atoms with Crippen LogP contribution in [-0.4, -0.2) is 38.4 Å². The van der Waals surface area contributed by atoms with Gasteiger partial charge in [0, 0.05) is 41.1 Å². The summed E-state index contributed by atoms with van der Waals surface area (Å²) in [6.07, 6.45) is 6.28. The van der Waals surface area contributed by atoms with Crippen molar-refractivity contribution in [1.82, 2.24) is 20.2 Å². The summed E-state index contributed by atoms with van der Waals surface area (Å²) in [6.45, 7) is 3.62. The normalized spacial score (nSPS) is 26.3. The number of benzene rings is 1. The van der Waals surface area contributed by atoms with Crippen LogP contribution in [0.4, 0.5) is 0 Å². The lowest BCUT2D eigenvalue weighted by atomic mass is 10.1. The Labute approximate surface area is 162 Å². The molecular weight excluding hydrogens is 356 g/mol. The molecule has 2 aliphatic carbocycles. The molecular formula is C21H24N4OS. The van der Waals surface area contributed by atoms with Crippen LogP contribution in [0.3, 0.4) is 0 Å². The molecule has 2 fully saturated rings. The molecule has 2 saturated carbocycles. The zero-order valence-corrected chi connectivity index (χ0v) is 16.3. The van der Waals surface area contributed by atoms with E-state index in [1.54, 1.807) is 11.3 Å². The molecule has 3 aromatic rings. The maximum Gasteiger partial charge on any atom is 0.270 e. The first kappa shape index (κ1) is 17.0. The van der Waals surface area contributed by atoms with E-state index in [0.29, 0.717) is 5.69 Å². The number of para-hydroxylation sites is 1. The number of amides is 1. The van der Waals surface area contributed by atoms with Crippen molar-refractivity contribution in [3.63, 3.8) is 0 Å². The fraction of sp³-hybridized carbons (Fsp3) is 0.429. The fourth-order valence-corrected chi connectivity index (χ4v) is 5.71. The number of carbonyl (C=O) groups is 1. The Bertz CT molecular complexity index is 948. The van der Waals surface area contributed by atoms with Gasteiger partial charge in [0.2, 0.25) is 0 Å². The number of nitrogens with zero attached hydrogens (tertiary/aromatic N) is 2. The molecule has 6 heteroatoms. The molecule has 140 valence electrons. The Hall–Kier alpha value is -2.18. The second kappa shape index (κ2) is 6.17. The molecule has 0 bridgehead atoms. The summed E-state index contributed by atoms with van der Waals surface area (Å²) in [4.78, 5) is 23.2. The number of likely N-dealkylation sites (N-methyl/N-ethyl adjacent to an activating group) is 1. The molecule has 2 heterocycles. The lowest BCUT2D eigenvalue weighted by molar-refractivity contribution is 0.0631. The van der Waals surface area contributed by atoms with E-state index in [2.05, 4.69) is 27.1 Å². The number of fused-ring (bicyclic) bond motifs is 2. The molecule has 2 N–H and O–H groups in total. The van der Waals surface area contributed by atoms with Gasteiger partial charge in [0.25, 0.3) is 5.91 Å². The molecule has 0 radical (unpaired) electrons. The predicted molar refractivity (Wildman–Crippen MR) is 108 cm³/mol. The number of aromatic nitrogens is 2. The van der Waals surface area contributed by atoms with Gasteiger partial charge in [0.05, 0.1) is 5.54 Å². The lowest BCUT2D eigenvalue weighted by Gasteiger charge is -2.32. The number of hydrogen-bond acceptors (Lipinski definition) is 4. The first-order valence-corrected chi connectivity index (χ1v) is 10.6. The Balaban J connectivity index is 1.40. The minimum Gasteiger partial charge on any atom is -0.351 e. The molecule has 27 heavy (non-hydrogen) atoms. The second-order valence-corrected chi connectivity index (χ2v) is 8.72. The fourth-order valence-electron chi connectivity index (χ4n) is 5.15. The summed E-state index contributed by atoms with van der Waals surface area (Å²) in [6, 6.07) is 10.1. The van der Waals surface area contributed by atoms with E-state index in [0.717, 1.165) is 48.3 Å². The maximum absolute atomic E-state index is 13.4. The Kier molecular flexibility index (Phi) is 3.88. The average Bonchev–Trinajstić information content (AvgIpc) is 3.17. The number of hydrogen-bond donors (Lipinski definition) is 2. The highest BCUT2D eigenvalue weighted by Crippen LogP contribution is 2.63. The molecule has 0 spiro atoms. The molecule has 1 amide bonds. The van der Waals surface area contributed by atoms with Gasteiger partial charge >= 0.3 is 0 Å². The van der Waals surface area contributed by atoms with Crippen LogP contribution in [0.15, 0.2) is 41.9 Å². The van der Waals surface area contributed by atoms with E-state index in [1.165, 1.54) is 6.42 Å². The number of rotatable bonds is 6. The second-order valence-electron chi connectivity index (χ2n) is 7.74. The molecule has 2 aliphatic rings. The number of nitrogens with one attached hydrogen (secondary N) is 2. The molecule has 2 atom stereocenters. The van der Waals surface area contributed by atoms with Gasteiger partial charge in [0.1, 0.15) is 10.7 Å². The van der Waals surface area contributed by atoms with Crippen LogP contribution in [0.1, 0.15) is 48.1 Å². The van der Waals surface area contributed by atoms with Gasteiger partial charge in [-0.25, -0.2) is 4.98 Å². The largest absolute Gasteiger partial charge is 0.351 e. The Morgan fingerprint density at radius 3 is 3.04 bits per heavy atom. The van der Waals surface area contributed by atoms with Crippen LogP contribution in [0.2, 0.25) is 0 Å². The van der Waals surface area contributed by atoms with Crippen LogP contribution in [-0.2, 0) is 6.54 Å². The van der Waals surface area contributed by atoms with E-state index in [4.69, 9.17) is 0 Å². The Morgan fingerprint density at radius 2 is 2.26 bits per heavy atom. The van der Waals surface area contributed by atoms with Crippen LogP contribution < -0.4 is 5.32 Å². The predicted octanol–water partition coefficient (Wildman–Crippen LogP) is 3.94. The summed E-state index contributed by atoms with van der Waals surface area (Å²) < 4.78 is 0. The zero-order valence-electron chi connectivity index (χ0n) is 15.5. The van der Waals surface area contributed by atoms with Crippen molar-refractivity contribution in [3.8, 4) is 0 Å². The molecule has 0 aliphatic heterocycles. The summed E-state index contributed by atoms with van der Waals surface area (Å²) in [7, 11) is 0. The summed E-state index contributed by atoms with van der Waals surface area (Å²) in [5.41, 5.74) is 1.72. The maximum atomic E-state index is 13.4. The van der Waals surface area contributed by atoms with Gasteiger partial charge < -0.3 is 15.2 Å². The highest BCUT2D eigenvalue weighted by Gasteiger charge is 2.73. The highest BCUT2D eigenvalue weighted by atomic mass is 32.1. The smallest absolute Gasteiger partial charge is 0.270 e. The first-order chi connectivity index (χ1) is 13.2. The highest BCUT2D eigenvalue weighted by molar-refractivity contribution is 7.09. The van der Waals surface area contributed by atoms with Crippen molar-refractivity contribution < 1.29 is 4.79 Å². The molecule has 1 aromatic carbocycles. The Morgan fingerprint density at radius 1 is 1.37 bits per heavy atom.